The lowest BCUT2D eigenvalue weighted by atomic mass is 9.95. The summed E-state index contributed by atoms with van der Waals surface area (Å²) in [5, 5.41) is 0. The highest BCUT2D eigenvalue weighted by atomic mass is 32.2. The van der Waals surface area contributed by atoms with E-state index in [9.17, 15) is 13.2 Å². The van der Waals surface area contributed by atoms with Crippen LogP contribution in [-0.2, 0) is 14.8 Å². The van der Waals surface area contributed by atoms with Crippen LogP contribution in [0.25, 0.3) is 0 Å². The molecule has 0 bridgehead atoms. The van der Waals surface area contributed by atoms with Crippen molar-refractivity contribution in [3.8, 4) is 0 Å². The SMILES string of the molecule is Cc1ccc(C(=O)N(C)C2CCCCCCC2)cc1S(=O)(=O)N1CCOCC1. The van der Waals surface area contributed by atoms with Crippen molar-refractivity contribution in [2.45, 2.75) is 62.8 Å². The van der Waals surface area contributed by atoms with Gasteiger partial charge in [0.1, 0.15) is 0 Å². The van der Waals surface area contributed by atoms with Gasteiger partial charge >= 0.3 is 0 Å². The first-order chi connectivity index (χ1) is 13.4. The maximum absolute atomic E-state index is 13.1. The number of benzene rings is 1. The molecule has 1 saturated heterocycles. The number of carbonyl (C=O) groups excluding carboxylic acids is 1. The van der Waals surface area contributed by atoms with E-state index < -0.39 is 10.0 Å². The maximum atomic E-state index is 13.1. The monoisotopic (exact) mass is 408 g/mol. The van der Waals surface area contributed by atoms with Crippen LogP contribution in [0.4, 0.5) is 0 Å². The summed E-state index contributed by atoms with van der Waals surface area (Å²) in [4.78, 5) is 15.2. The van der Waals surface area contributed by atoms with E-state index in [-0.39, 0.29) is 16.8 Å². The zero-order valence-electron chi connectivity index (χ0n) is 17.0. The van der Waals surface area contributed by atoms with Gasteiger partial charge in [-0.1, -0.05) is 38.2 Å². The van der Waals surface area contributed by atoms with Crippen molar-refractivity contribution in [2.75, 3.05) is 33.4 Å². The summed E-state index contributed by atoms with van der Waals surface area (Å²) in [6.45, 7) is 3.28. The third kappa shape index (κ3) is 4.75. The highest BCUT2D eigenvalue weighted by molar-refractivity contribution is 7.89. The van der Waals surface area contributed by atoms with E-state index in [0.29, 0.717) is 37.4 Å². The lowest BCUT2D eigenvalue weighted by molar-refractivity contribution is 0.0705. The Bertz CT molecular complexity index is 780. The van der Waals surface area contributed by atoms with Crippen LogP contribution in [0.2, 0.25) is 0 Å². The predicted molar refractivity (Wildman–Crippen MR) is 109 cm³/mol. The summed E-state index contributed by atoms with van der Waals surface area (Å²) in [5.41, 5.74) is 1.11. The van der Waals surface area contributed by atoms with Crippen LogP contribution in [0.15, 0.2) is 23.1 Å². The first-order valence-electron chi connectivity index (χ1n) is 10.4. The average molecular weight is 409 g/mol. The van der Waals surface area contributed by atoms with E-state index in [0.717, 1.165) is 25.7 Å². The Balaban J connectivity index is 1.82. The largest absolute Gasteiger partial charge is 0.379 e. The summed E-state index contributed by atoms with van der Waals surface area (Å²) in [6, 6.07) is 5.28. The number of hydrogen-bond acceptors (Lipinski definition) is 4. The second kappa shape index (κ2) is 9.37. The molecule has 0 atom stereocenters. The third-order valence-electron chi connectivity index (χ3n) is 5.97. The molecule has 0 radical (unpaired) electrons. The minimum absolute atomic E-state index is 0.0935. The maximum Gasteiger partial charge on any atom is 0.253 e. The summed E-state index contributed by atoms with van der Waals surface area (Å²) in [5.74, 6) is -0.0935. The number of sulfonamides is 1. The van der Waals surface area contributed by atoms with Gasteiger partial charge in [0.2, 0.25) is 10.0 Å². The van der Waals surface area contributed by atoms with Gasteiger partial charge < -0.3 is 9.64 Å². The van der Waals surface area contributed by atoms with Crippen LogP contribution in [-0.4, -0.2) is 62.9 Å². The Labute approximate surface area is 168 Å². The first-order valence-corrected chi connectivity index (χ1v) is 11.8. The molecule has 7 heteroatoms. The lowest BCUT2D eigenvalue weighted by Crippen LogP contribution is -2.41. The van der Waals surface area contributed by atoms with Crippen molar-refractivity contribution >= 4 is 15.9 Å². The Kier molecular flexibility index (Phi) is 7.12. The minimum Gasteiger partial charge on any atom is -0.379 e. The fourth-order valence-corrected chi connectivity index (χ4v) is 5.79. The van der Waals surface area contributed by atoms with Crippen molar-refractivity contribution < 1.29 is 17.9 Å². The molecule has 1 heterocycles. The molecule has 1 amide bonds. The molecule has 1 saturated carbocycles. The smallest absolute Gasteiger partial charge is 0.253 e. The molecule has 2 aliphatic rings. The second-order valence-corrected chi connectivity index (χ2v) is 9.82. The number of aryl methyl sites for hydroxylation is 1. The van der Waals surface area contributed by atoms with E-state index >= 15 is 0 Å². The topological polar surface area (TPSA) is 66.9 Å². The molecule has 3 rings (SSSR count). The number of morpholine rings is 1. The third-order valence-corrected chi connectivity index (χ3v) is 8.01. The quantitative estimate of drug-likeness (QED) is 0.767. The van der Waals surface area contributed by atoms with Crippen molar-refractivity contribution in [1.29, 1.82) is 0 Å². The average Bonchev–Trinajstić information content (AvgIpc) is 2.67. The zero-order chi connectivity index (χ0) is 20.1. The zero-order valence-corrected chi connectivity index (χ0v) is 17.8. The van der Waals surface area contributed by atoms with E-state index in [4.69, 9.17) is 4.74 Å². The number of rotatable bonds is 4. The van der Waals surface area contributed by atoms with E-state index in [1.807, 2.05) is 11.9 Å². The van der Waals surface area contributed by atoms with Crippen LogP contribution >= 0.6 is 0 Å². The summed E-state index contributed by atoms with van der Waals surface area (Å²) in [6.07, 6.45) is 8.07. The molecule has 2 fully saturated rings. The van der Waals surface area contributed by atoms with Crippen molar-refractivity contribution in [3.05, 3.63) is 29.3 Å². The van der Waals surface area contributed by atoms with Gasteiger partial charge in [0, 0.05) is 31.7 Å². The molecule has 0 N–H and O–H groups in total. The molecule has 1 aromatic rings. The van der Waals surface area contributed by atoms with Crippen LogP contribution < -0.4 is 0 Å². The highest BCUT2D eigenvalue weighted by Crippen LogP contribution is 2.25. The normalized spacial score (nSPS) is 20.4. The number of nitrogens with zero attached hydrogens (tertiary/aromatic N) is 2. The number of amides is 1. The van der Waals surface area contributed by atoms with E-state index in [1.54, 1.807) is 25.1 Å². The summed E-state index contributed by atoms with van der Waals surface area (Å²) in [7, 11) is -1.78. The van der Waals surface area contributed by atoms with Gasteiger partial charge in [-0.2, -0.15) is 4.31 Å². The highest BCUT2D eigenvalue weighted by Gasteiger charge is 2.29. The minimum atomic E-state index is -3.63. The van der Waals surface area contributed by atoms with Crippen LogP contribution in [0, 0.1) is 6.92 Å². The number of ether oxygens (including phenoxy) is 1. The molecule has 1 aliphatic carbocycles. The van der Waals surface area contributed by atoms with Gasteiger partial charge in [-0.05, 0) is 37.5 Å². The molecule has 6 nitrogen and oxygen atoms in total. The van der Waals surface area contributed by atoms with Crippen LogP contribution in [0.1, 0.15) is 60.9 Å². The molecule has 28 heavy (non-hydrogen) atoms. The molecular weight excluding hydrogens is 376 g/mol. The Morgan fingerprint density at radius 2 is 1.68 bits per heavy atom. The van der Waals surface area contributed by atoms with Crippen molar-refractivity contribution in [1.82, 2.24) is 9.21 Å². The van der Waals surface area contributed by atoms with Crippen LogP contribution in [0.3, 0.4) is 0 Å². The van der Waals surface area contributed by atoms with Gasteiger partial charge in [0.05, 0.1) is 18.1 Å². The fourth-order valence-electron chi connectivity index (χ4n) is 4.13. The second-order valence-electron chi connectivity index (χ2n) is 7.91. The van der Waals surface area contributed by atoms with Crippen LogP contribution in [0.5, 0.6) is 0 Å². The Morgan fingerprint density at radius 1 is 1.07 bits per heavy atom. The molecule has 1 aliphatic heterocycles. The molecular formula is C21H32N2O4S. The first kappa shape index (κ1) is 21.3. The number of carbonyl (C=O) groups is 1. The summed E-state index contributed by atoms with van der Waals surface area (Å²) < 4.78 is 32.9. The molecule has 0 aromatic heterocycles. The van der Waals surface area contributed by atoms with Gasteiger partial charge in [-0.3, -0.25) is 4.79 Å². The van der Waals surface area contributed by atoms with E-state index in [2.05, 4.69) is 0 Å². The van der Waals surface area contributed by atoms with Crippen molar-refractivity contribution in [3.63, 3.8) is 0 Å². The van der Waals surface area contributed by atoms with Gasteiger partial charge in [0.25, 0.3) is 5.91 Å². The van der Waals surface area contributed by atoms with Crippen molar-refractivity contribution in [2.24, 2.45) is 0 Å². The Hall–Kier alpha value is -1.44. The van der Waals surface area contributed by atoms with Gasteiger partial charge in [-0.15, -0.1) is 0 Å². The standard InChI is InChI=1S/C21H32N2O4S/c1-17-10-11-18(16-20(17)28(25,26)23-12-14-27-15-13-23)21(24)22(2)19-8-6-4-3-5-7-9-19/h10-11,16,19H,3-9,12-15H2,1-2H3. The van der Waals surface area contributed by atoms with E-state index in [1.165, 1.54) is 23.6 Å². The molecule has 0 spiro atoms. The molecule has 1 aromatic carbocycles. The predicted octanol–water partition coefficient (Wildman–Crippen LogP) is 3.20. The number of hydrogen-bond donors (Lipinski definition) is 0. The van der Waals surface area contributed by atoms with Gasteiger partial charge in [0.15, 0.2) is 0 Å². The fraction of sp³-hybridized carbons (Fsp3) is 0.667. The Morgan fingerprint density at radius 3 is 2.32 bits per heavy atom. The molecule has 0 unspecified atom stereocenters. The summed E-state index contributed by atoms with van der Waals surface area (Å²) >= 11 is 0. The molecule has 156 valence electrons. The van der Waals surface area contributed by atoms with Gasteiger partial charge in [-0.25, -0.2) is 8.42 Å². The lowest BCUT2D eigenvalue weighted by Gasteiger charge is -2.30.